The number of carbonyl (C=O) groups excluding carboxylic acids is 1. The van der Waals surface area contributed by atoms with Gasteiger partial charge >= 0.3 is 0 Å². The highest BCUT2D eigenvalue weighted by Gasteiger charge is 2.24. The van der Waals surface area contributed by atoms with E-state index in [9.17, 15) is 13.2 Å². The molecule has 26 heavy (non-hydrogen) atoms. The Bertz CT molecular complexity index is 694. The lowest BCUT2D eigenvalue weighted by Gasteiger charge is -2.22. The smallest absolute Gasteiger partial charge is 0.249 e. The predicted octanol–water partition coefficient (Wildman–Crippen LogP) is 2.83. The highest BCUT2D eigenvalue weighted by molar-refractivity contribution is 7.89. The Morgan fingerprint density at radius 3 is 2.35 bits per heavy atom. The monoisotopic (exact) mass is 384 g/mol. The Balaban J connectivity index is 2.76. The molecule has 7 heteroatoms. The highest BCUT2D eigenvalue weighted by Crippen LogP contribution is 2.17. The van der Waals surface area contributed by atoms with Crippen molar-refractivity contribution < 1.29 is 17.9 Å². The molecule has 2 N–H and O–H groups in total. The molecule has 1 aromatic carbocycles. The molecule has 1 unspecified atom stereocenters. The number of benzene rings is 1. The summed E-state index contributed by atoms with van der Waals surface area (Å²) in [4.78, 5) is 12.4. The predicted molar refractivity (Wildman–Crippen MR) is 103 cm³/mol. The molecule has 1 amide bonds. The van der Waals surface area contributed by atoms with Crippen molar-refractivity contribution in [1.82, 2.24) is 10.0 Å². The molecule has 148 valence electrons. The number of hydrogen-bond donors (Lipinski definition) is 2. The third-order valence-corrected chi connectivity index (χ3v) is 5.45. The minimum Gasteiger partial charge on any atom is -0.369 e. The quantitative estimate of drug-likeness (QED) is 0.686. The molecule has 0 saturated carbocycles. The van der Waals surface area contributed by atoms with Crippen LogP contribution in [0.1, 0.15) is 53.5 Å². The third-order valence-electron chi connectivity index (χ3n) is 3.59. The van der Waals surface area contributed by atoms with Gasteiger partial charge in [0.1, 0.15) is 6.10 Å². The van der Waals surface area contributed by atoms with E-state index in [1.807, 2.05) is 0 Å². The summed E-state index contributed by atoms with van der Waals surface area (Å²) in [5, 5.41) is 2.76. The fourth-order valence-corrected chi connectivity index (χ4v) is 3.91. The molecule has 0 radical (unpaired) electrons. The van der Waals surface area contributed by atoms with Crippen LogP contribution in [-0.2, 0) is 26.1 Å². The minimum atomic E-state index is -3.67. The van der Waals surface area contributed by atoms with Crippen LogP contribution in [0.15, 0.2) is 29.2 Å². The van der Waals surface area contributed by atoms with Gasteiger partial charge in [0.2, 0.25) is 15.9 Å². The average Bonchev–Trinajstić information content (AvgIpc) is 2.50. The lowest BCUT2D eigenvalue weighted by atomic mass is 10.1. The zero-order valence-corrected chi connectivity index (χ0v) is 17.4. The zero-order valence-electron chi connectivity index (χ0n) is 16.6. The van der Waals surface area contributed by atoms with Gasteiger partial charge in [-0.3, -0.25) is 4.79 Å². The van der Waals surface area contributed by atoms with Gasteiger partial charge in [-0.25, -0.2) is 13.1 Å². The molecule has 1 rings (SSSR count). The number of amides is 1. The van der Waals surface area contributed by atoms with Gasteiger partial charge in [0.05, 0.1) is 4.90 Å². The van der Waals surface area contributed by atoms with E-state index < -0.39 is 21.7 Å². The molecule has 0 spiro atoms. The summed E-state index contributed by atoms with van der Waals surface area (Å²) in [7, 11) is -3.67. The first-order valence-corrected chi connectivity index (χ1v) is 10.4. The Morgan fingerprint density at radius 2 is 1.77 bits per heavy atom. The van der Waals surface area contributed by atoms with Crippen LogP contribution in [0.3, 0.4) is 0 Å². The molecule has 0 saturated heterocycles. The van der Waals surface area contributed by atoms with Crippen molar-refractivity contribution in [3.05, 3.63) is 29.8 Å². The summed E-state index contributed by atoms with van der Waals surface area (Å²) in [6.45, 7) is 11.9. The molecule has 0 bridgehead atoms. The van der Waals surface area contributed by atoms with Crippen molar-refractivity contribution in [3.63, 3.8) is 0 Å². The van der Waals surface area contributed by atoms with Gasteiger partial charge in [-0.05, 0) is 51.7 Å². The second kappa shape index (κ2) is 9.48. The molecule has 1 atom stereocenters. The van der Waals surface area contributed by atoms with E-state index >= 15 is 0 Å². The largest absolute Gasteiger partial charge is 0.369 e. The second-order valence-corrected chi connectivity index (χ2v) is 9.53. The maximum absolute atomic E-state index is 12.6. The van der Waals surface area contributed by atoms with Crippen molar-refractivity contribution in [3.8, 4) is 0 Å². The number of hydrogen-bond acceptors (Lipinski definition) is 4. The SMILES string of the molecule is CC(C)CCOC(C)C(=O)NCc1ccccc1S(=O)(=O)NC(C)(C)C. The van der Waals surface area contributed by atoms with Crippen LogP contribution in [-0.4, -0.2) is 32.6 Å². The standard InChI is InChI=1S/C19H32N2O4S/c1-14(2)11-12-25-15(3)18(22)20-13-16-9-7-8-10-17(16)26(23,24)21-19(4,5)6/h7-10,14-15,21H,11-13H2,1-6H3,(H,20,22). The molecular formula is C19H32N2O4S. The molecule has 1 aromatic rings. The van der Waals surface area contributed by atoms with Crippen molar-refractivity contribution in [1.29, 1.82) is 0 Å². The number of rotatable bonds is 9. The maximum Gasteiger partial charge on any atom is 0.249 e. The van der Waals surface area contributed by atoms with Gasteiger partial charge in [-0.2, -0.15) is 0 Å². The van der Waals surface area contributed by atoms with Crippen LogP contribution in [0, 0.1) is 5.92 Å². The van der Waals surface area contributed by atoms with Crippen LogP contribution < -0.4 is 10.0 Å². The summed E-state index contributed by atoms with van der Waals surface area (Å²) in [5.41, 5.74) is -0.0551. The van der Waals surface area contributed by atoms with E-state index in [2.05, 4.69) is 23.9 Å². The first kappa shape index (κ1) is 22.6. The molecule has 6 nitrogen and oxygen atoms in total. The third kappa shape index (κ3) is 7.85. The van der Waals surface area contributed by atoms with Crippen LogP contribution in [0.2, 0.25) is 0 Å². The number of ether oxygens (including phenoxy) is 1. The maximum atomic E-state index is 12.6. The summed E-state index contributed by atoms with van der Waals surface area (Å²) in [6.07, 6.45) is 0.308. The van der Waals surface area contributed by atoms with E-state index in [1.54, 1.807) is 45.9 Å². The zero-order chi connectivity index (χ0) is 20.0. The first-order valence-electron chi connectivity index (χ1n) is 8.93. The topological polar surface area (TPSA) is 84.5 Å². The Kier molecular flexibility index (Phi) is 8.24. The fourth-order valence-electron chi connectivity index (χ4n) is 2.25. The van der Waals surface area contributed by atoms with Crippen molar-refractivity contribution in [2.75, 3.05) is 6.61 Å². The van der Waals surface area contributed by atoms with Crippen LogP contribution in [0.5, 0.6) is 0 Å². The summed E-state index contributed by atoms with van der Waals surface area (Å²) in [6, 6.07) is 6.65. The normalized spacial score (nSPS) is 13.7. The van der Waals surface area contributed by atoms with Gasteiger partial charge in [0.15, 0.2) is 0 Å². The molecule has 0 aromatic heterocycles. The summed E-state index contributed by atoms with van der Waals surface area (Å²) < 4.78 is 33.4. The van der Waals surface area contributed by atoms with Crippen molar-refractivity contribution >= 4 is 15.9 Å². The second-order valence-electron chi connectivity index (χ2n) is 7.88. The van der Waals surface area contributed by atoms with Crippen LogP contribution >= 0.6 is 0 Å². The van der Waals surface area contributed by atoms with Crippen molar-refractivity contribution in [2.45, 2.75) is 71.0 Å². The molecule has 0 aliphatic rings. The van der Waals surface area contributed by atoms with Crippen LogP contribution in [0.4, 0.5) is 0 Å². The number of sulfonamides is 1. The Labute approximate surface area is 157 Å². The lowest BCUT2D eigenvalue weighted by molar-refractivity contribution is -0.132. The molecule has 0 aliphatic carbocycles. The van der Waals surface area contributed by atoms with Gasteiger partial charge in [0.25, 0.3) is 0 Å². The Morgan fingerprint density at radius 1 is 1.15 bits per heavy atom. The van der Waals surface area contributed by atoms with E-state index in [0.717, 1.165) is 6.42 Å². The van der Waals surface area contributed by atoms with Crippen molar-refractivity contribution in [2.24, 2.45) is 5.92 Å². The fraction of sp³-hybridized carbons (Fsp3) is 0.632. The Hall–Kier alpha value is -1.44. The molecule has 0 aliphatic heterocycles. The van der Waals surface area contributed by atoms with E-state index in [4.69, 9.17) is 4.74 Å². The van der Waals surface area contributed by atoms with E-state index in [0.29, 0.717) is 18.1 Å². The average molecular weight is 385 g/mol. The minimum absolute atomic E-state index is 0.123. The molecular weight excluding hydrogens is 352 g/mol. The summed E-state index contributed by atoms with van der Waals surface area (Å²) >= 11 is 0. The van der Waals surface area contributed by atoms with Crippen LogP contribution in [0.25, 0.3) is 0 Å². The molecule has 0 fully saturated rings. The van der Waals surface area contributed by atoms with Gasteiger partial charge in [-0.15, -0.1) is 0 Å². The van der Waals surface area contributed by atoms with Gasteiger partial charge in [-0.1, -0.05) is 32.0 Å². The lowest BCUT2D eigenvalue weighted by Crippen LogP contribution is -2.41. The number of nitrogens with one attached hydrogen (secondary N) is 2. The van der Waals surface area contributed by atoms with E-state index in [-0.39, 0.29) is 17.3 Å². The molecule has 0 heterocycles. The first-order chi connectivity index (χ1) is 11.9. The summed E-state index contributed by atoms with van der Waals surface area (Å²) in [5.74, 6) is 0.252. The van der Waals surface area contributed by atoms with Gasteiger partial charge < -0.3 is 10.1 Å². The highest BCUT2D eigenvalue weighted by atomic mass is 32.2. The number of carbonyl (C=O) groups is 1. The van der Waals surface area contributed by atoms with Gasteiger partial charge in [0, 0.05) is 18.7 Å². The van der Waals surface area contributed by atoms with E-state index in [1.165, 1.54) is 6.07 Å².